The SMILES string of the molecule is [CH2]C(F)(F)C(O)/C=C(\C)CC/C=C(\C)CCC=C(C)C. The average molecular weight is 285 g/mol. The van der Waals surface area contributed by atoms with Crippen molar-refractivity contribution < 1.29 is 13.9 Å². The van der Waals surface area contributed by atoms with Gasteiger partial charge in [0, 0.05) is 6.92 Å². The lowest BCUT2D eigenvalue weighted by atomic mass is 10.0. The number of aliphatic hydroxyl groups excluding tert-OH is 1. The number of rotatable bonds is 8. The third-order valence-corrected chi connectivity index (χ3v) is 3.00. The Morgan fingerprint density at radius 1 is 1.05 bits per heavy atom. The molecule has 1 nitrogen and oxygen atoms in total. The molecule has 0 aromatic carbocycles. The highest BCUT2D eigenvalue weighted by Crippen LogP contribution is 2.20. The largest absolute Gasteiger partial charge is 0.383 e. The molecule has 0 amide bonds. The summed E-state index contributed by atoms with van der Waals surface area (Å²) in [6.07, 6.45) is 7.26. The van der Waals surface area contributed by atoms with Crippen LogP contribution in [0.1, 0.15) is 53.4 Å². The van der Waals surface area contributed by atoms with Gasteiger partial charge < -0.3 is 5.11 Å². The first-order chi connectivity index (χ1) is 9.12. The van der Waals surface area contributed by atoms with Crippen LogP contribution in [0.2, 0.25) is 0 Å². The van der Waals surface area contributed by atoms with Crippen LogP contribution >= 0.6 is 0 Å². The molecule has 0 aliphatic heterocycles. The Morgan fingerprint density at radius 3 is 2.05 bits per heavy atom. The molecule has 1 unspecified atom stereocenters. The molecule has 1 N–H and O–H groups in total. The Bertz CT molecular complexity index is 369. The first-order valence-corrected chi connectivity index (χ1v) is 7.00. The molecule has 0 heterocycles. The first-order valence-electron chi connectivity index (χ1n) is 7.00. The zero-order valence-electron chi connectivity index (χ0n) is 13.0. The Hall–Kier alpha value is -0.960. The zero-order valence-corrected chi connectivity index (χ0v) is 13.0. The predicted octanol–water partition coefficient (Wildman–Crippen LogP) is 5.24. The predicted molar refractivity (Wildman–Crippen MR) is 81.7 cm³/mol. The maximum absolute atomic E-state index is 12.7. The monoisotopic (exact) mass is 285 g/mol. The molecular formula is C17H27F2O. The second-order valence-corrected chi connectivity index (χ2v) is 5.63. The van der Waals surface area contributed by atoms with Gasteiger partial charge in [0.15, 0.2) is 0 Å². The van der Waals surface area contributed by atoms with Crippen LogP contribution in [0.25, 0.3) is 0 Å². The number of aliphatic hydroxyl groups is 1. The molecule has 0 aliphatic carbocycles. The Balaban J connectivity index is 4.16. The third kappa shape index (κ3) is 9.90. The summed E-state index contributed by atoms with van der Waals surface area (Å²) in [5.74, 6) is -3.32. The van der Waals surface area contributed by atoms with Gasteiger partial charge in [-0.25, -0.2) is 8.78 Å². The molecule has 1 atom stereocenters. The topological polar surface area (TPSA) is 20.2 Å². The molecule has 0 rings (SSSR count). The van der Waals surface area contributed by atoms with Crippen LogP contribution in [0.15, 0.2) is 34.9 Å². The lowest BCUT2D eigenvalue weighted by Crippen LogP contribution is -2.28. The van der Waals surface area contributed by atoms with Gasteiger partial charge in [0.05, 0.1) is 0 Å². The van der Waals surface area contributed by atoms with Crippen LogP contribution in [0, 0.1) is 6.92 Å². The van der Waals surface area contributed by atoms with E-state index in [-0.39, 0.29) is 0 Å². The molecule has 20 heavy (non-hydrogen) atoms. The van der Waals surface area contributed by atoms with E-state index in [1.165, 1.54) is 17.2 Å². The minimum absolute atomic E-state index is 0.674. The summed E-state index contributed by atoms with van der Waals surface area (Å²) < 4.78 is 25.4. The molecule has 115 valence electrons. The third-order valence-electron chi connectivity index (χ3n) is 3.00. The fraction of sp³-hybridized carbons (Fsp3) is 0.588. The van der Waals surface area contributed by atoms with Crippen LogP contribution in [-0.4, -0.2) is 17.1 Å². The minimum atomic E-state index is -3.32. The molecule has 0 aromatic heterocycles. The molecule has 0 fully saturated rings. The van der Waals surface area contributed by atoms with Gasteiger partial charge in [-0.05, 0) is 53.4 Å². The number of halogens is 2. The second-order valence-electron chi connectivity index (χ2n) is 5.63. The van der Waals surface area contributed by atoms with Crippen molar-refractivity contribution in [2.75, 3.05) is 0 Å². The summed E-state index contributed by atoms with van der Waals surface area (Å²) in [4.78, 5) is 0. The van der Waals surface area contributed by atoms with Crippen molar-refractivity contribution in [1.82, 2.24) is 0 Å². The standard InChI is InChI=1S/C17H27F2O/c1-13(2)8-6-9-14(3)10-7-11-15(4)12-16(20)17(5,18)19/h8,10,12,16,20H,5-7,9,11H2,1-4H3/b14-10+,15-12+. The first kappa shape index (κ1) is 19.0. The molecule has 3 heteroatoms. The van der Waals surface area contributed by atoms with E-state index in [4.69, 9.17) is 0 Å². The van der Waals surface area contributed by atoms with E-state index in [2.05, 4.69) is 39.8 Å². The smallest absolute Gasteiger partial charge is 0.277 e. The quantitative estimate of drug-likeness (QED) is 0.605. The van der Waals surface area contributed by atoms with Gasteiger partial charge in [-0.1, -0.05) is 34.9 Å². The summed E-state index contributed by atoms with van der Waals surface area (Å²) in [5.41, 5.74) is 3.38. The van der Waals surface area contributed by atoms with E-state index >= 15 is 0 Å². The number of allylic oxidation sites excluding steroid dienone is 5. The maximum Gasteiger partial charge on any atom is 0.277 e. The van der Waals surface area contributed by atoms with E-state index < -0.39 is 12.0 Å². The van der Waals surface area contributed by atoms with Crippen molar-refractivity contribution in [2.45, 2.75) is 65.4 Å². The molecular weight excluding hydrogens is 258 g/mol. The van der Waals surface area contributed by atoms with Crippen molar-refractivity contribution in [3.63, 3.8) is 0 Å². The minimum Gasteiger partial charge on any atom is -0.383 e. The molecule has 0 aliphatic rings. The van der Waals surface area contributed by atoms with Gasteiger partial charge in [0.1, 0.15) is 6.10 Å². The van der Waals surface area contributed by atoms with E-state index in [1.807, 2.05) is 0 Å². The maximum atomic E-state index is 12.7. The summed E-state index contributed by atoms with van der Waals surface area (Å²) in [6.45, 7) is 10.6. The van der Waals surface area contributed by atoms with Crippen LogP contribution in [0.5, 0.6) is 0 Å². The fourth-order valence-electron chi connectivity index (χ4n) is 1.71. The molecule has 0 saturated heterocycles. The lowest BCUT2D eigenvalue weighted by Gasteiger charge is -2.15. The van der Waals surface area contributed by atoms with E-state index in [0.717, 1.165) is 24.8 Å². The van der Waals surface area contributed by atoms with Gasteiger partial charge in [-0.2, -0.15) is 0 Å². The van der Waals surface area contributed by atoms with Crippen molar-refractivity contribution in [3.8, 4) is 0 Å². The Morgan fingerprint density at radius 2 is 1.55 bits per heavy atom. The molecule has 0 aromatic rings. The van der Waals surface area contributed by atoms with Gasteiger partial charge in [-0.3, -0.25) is 0 Å². The highest BCUT2D eigenvalue weighted by Gasteiger charge is 2.30. The van der Waals surface area contributed by atoms with Gasteiger partial charge in [-0.15, -0.1) is 0 Å². The van der Waals surface area contributed by atoms with Crippen LogP contribution in [-0.2, 0) is 0 Å². The van der Waals surface area contributed by atoms with Gasteiger partial charge >= 0.3 is 0 Å². The van der Waals surface area contributed by atoms with Crippen molar-refractivity contribution in [1.29, 1.82) is 0 Å². The summed E-state index contributed by atoms with van der Waals surface area (Å²) in [5, 5.41) is 9.22. The zero-order chi connectivity index (χ0) is 15.8. The van der Waals surface area contributed by atoms with E-state index in [0.29, 0.717) is 6.42 Å². The normalized spacial score (nSPS) is 15.2. The number of hydrogen-bond donors (Lipinski definition) is 1. The van der Waals surface area contributed by atoms with Crippen molar-refractivity contribution in [2.24, 2.45) is 0 Å². The number of hydrogen-bond acceptors (Lipinski definition) is 1. The highest BCUT2D eigenvalue weighted by atomic mass is 19.3. The lowest BCUT2D eigenvalue weighted by molar-refractivity contribution is -0.0480. The molecule has 1 radical (unpaired) electrons. The van der Waals surface area contributed by atoms with Crippen molar-refractivity contribution in [3.05, 3.63) is 41.9 Å². The summed E-state index contributed by atoms with van der Waals surface area (Å²) in [7, 11) is 0. The Kier molecular flexibility index (Phi) is 8.63. The van der Waals surface area contributed by atoms with Gasteiger partial charge in [0.25, 0.3) is 5.92 Å². The molecule has 0 bridgehead atoms. The molecule has 0 saturated carbocycles. The van der Waals surface area contributed by atoms with Crippen LogP contribution in [0.4, 0.5) is 8.78 Å². The summed E-state index contributed by atoms with van der Waals surface area (Å²) in [6, 6.07) is 0. The average Bonchev–Trinajstić information content (AvgIpc) is 2.26. The number of alkyl halides is 2. The van der Waals surface area contributed by atoms with Crippen LogP contribution in [0.3, 0.4) is 0 Å². The van der Waals surface area contributed by atoms with Crippen molar-refractivity contribution >= 4 is 0 Å². The molecule has 0 spiro atoms. The second kappa shape index (κ2) is 9.06. The van der Waals surface area contributed by atoms with Crippen LogP contribution < -0.4 is 0 Å². The Labute approximate surface area is 122 Å². The summed E-state index contributed by atoms with van der Waals surface area (Å²) >= 11 is 0. The fourth-order valence-corrected chi connectivity index (χ4v) is 1.71. The van der Waals surface area contributed by atoms with E-state index in [1.54, 1.807) is 6.92 Å². The van der Waals surface area contributed by atoms with E-state index in [9.17, 15) is 13.9 Å². The highest BCUT2D eigenvalue weighted by molar-refractivity contribution is 5.08. The van der Waals surface area contributed by atoms with Gasteiger partial charge in [0.2, 0.25) is 0 Å².